The fourth-order valence-corrected chi connectivity index (χ4v) is 4.33. The molecule has 0 bridgehead atoms. The molecule has 0 aliphatic carbocycles. The number of anilines is 1. The second kappa shape index (κ2) is 10.0. The lowest BCUT2D eigenvalue weighted by molar-refractivity contribution is -0.118. The fourth-order valence-electron chi connectivity index (χ4n) is 4.33. The molecule has 0 radical (unpaired) electrons. The molecule has 4 rings (SSSR count). The van der Waals surface area contributed by atoms with E-state index in [9.17, 15) is 9.59 Å². The number of nitrogens with zero attached hydrogens (tertiary/aromatic N) is 3. The summed E-state index contributed by atoms with van der Waals surface area (Å²) in [6, 6.07) is 11.6. The van der Waals surface area contributed by atoms with Gasteiger partial charge in [-0.2, -0.15) is 0 Å². The minimum absolute atomic E-state index is 0.000614. The van der Waals surface area contributed by atoms with E-state index in [1.165, 1.54) is 6.92 Å². The van der Waals surface area contributed by atoms with Crippen molar-refractivity contribution in [1.82, 2.24) is 25.2 Å². The lowest BCUT2D eigenvalue weighted by Crippen LogP contribution is -2.39. The van der Waals surface area contributed by atoms with Gasteiger partial charge in [-0.25, -0.2) is 9.97 Å². The number of benzene rings is 1. The van der Waals surface area contributed by atoms with Crippen LogP contribution in [0.25, 0.3) is 22.4 Å². The summed E-state index contributed by atoms with van der Waals surface area (Å²) in [6.07, 6.45) is 2.08. The number of rotatable bonds is 7. The monoisotopic (exact) mass is 448 g/mol. The summed E-state index contributed by atoms with van der Waals surface area (Å²) in [6.45, 7) is 8.54. The number of fused-ring (bicyclic) bond motifs is 1. The molecule has 0 saturated carbocycles. The third-order valence-corrected chi connectivity index (χ3v) is 6.31. The Balaban J connectivity index is 1.61. The standard InChI is InChI=1S/C25H32N6O2/c1-16(2)18-9-13-31(14-10-18)25(33)21-15-20-23(27-12-11-26-17(3)32)29-22(30-24(20)28-21)19-7-5-4-6-8-19/h4-8,15-16,18H,9-14H2,1-3H3,(H,26,32)(H2,27,28,29,30). The third-order valence-electron chi connectivity index (χ3n) is 6.31. The van der Waals surface area contributed by atoms with Gasteiger partial charge in [-0.3, -0.25) is 9.59 Å². The van der Waals surface area contributed by atoms with Crippen LogP contribution in [0.2, 0.25) is 0 Å². The summed E-state index contributed by atoms with van der Waals surface area (Å²) in [5, 5.41) is 6.83. The Bertz CT molecular complexity index is 1120. The van der Waals surface area contributed by atoms with Gasteiger partial charge in [0.25, 0.3) is 5.91 Å². The van der Waals surface area contributed by atoms with Crippen LogP contribution in [0.15, 0.2) is 36.4 Å². The van der Waals surface area contributed by atoms with Crippen LogP contribution in [0, 0.1) is 11.8 Å². The van der Waals surface area contributed by atoms with Crippen molar-refractivity contribution in [2.24, 2.45) is 11.8 Å². The van der Waals surface area contributed by atoms with E-state index in [0.29, 0.717) is 47.9 Å². The van der Waals surface area contributed by atoms with Crippen molar-refractivity contribution < 1.29 is 9.59 Å². The van der Waals surface area contributed by atoms with Crippen molar-refractivity contribution in [3.05, 3.63) is 42.1 Å². The molecule has 8 heteroatoms. The molecular weight excluding hydrogens is 416 g/mol. The van der Waals surface area contributed by atoms with E-state index in [-0.39, 0.29) is 11.8 Å². The first-order chi connectivity index (χ1) is 15.9. The van der Waals surface area contributed by atoms with Crippen LogP contribution in [0.4, 0.5) is 5.82 Å². The number of aromatic nitrogens is 3. The van der Waals surface area contributed by atoms with Gasteiger partial charge in [-0.1, -0.05) is 44.2 Å². The number of hydrogen-bond acceptors (Lipinski definition) is 5. The number of hydrogen-bond donors (Lipinski definition) is 3. The van der Waals surface area contributed by atoms with E-state index in [0.717, 1.165) is 36.9 Å². The summed E-state index contributed by atoms with van der Waals surface area (Å²) in [7, 11) is 0. The maximum absolute atomic E-state index is 13.2. The van der Waals surface area contributed by atoms with Gasteiger partial charge < -0.3 is 20.5 Å². The number of carbonyl (C=O) groups is 2. The first-order valence-electron chi connectivity index (χ1n) is 11.7. The fraction of sp³-hybridized carbons (Fsp3) is 0.440. The molecule has 1 aromatic carbocycles. The number of aromatic amines is 1. The zero-order chi connectivity index (χ0) is 23.4. The molecule has 0 spiro atoms. The molecule has 1 saturated heterocycles. The van der Waals surface area contributed by atoms with E-state index >= 15 is 0 Å². The molecule has 1 aliphatic rings. The highest BCUT2D eigenvalue weighted by molar-refractivity contribution is 6.00. The number of H-pyrrole nitrogens is 1. The molecule has 0 atom stereocenters. The topological polar surface area (TPSA) is 103 Å². The van der Waals surface area contributed by atoms with Crippen molar-refractivity contribution >= 4 is 28.7 Å². The summed E-state index contributed by atoms with van der Waals surface area (Å²) >= 11 is 0. The number of carbonyl (C=O) groups excluding carboxylic acids is 2. The van der Waals surface area contributed by atoms with Crippen molar-refractivity contribution in [2.75, 3.05) is 31.5 Å². The van der Waals surface area contributed by atoms with Gasteiger partial charge in [0.2, 0.25) is 5.91 Å². The van der Waals surface area contributed by atoms with Crippen molar-refractivity contribution in [3.8, 4) is 11.4 Å². The SMILES string of the molecule is CC(=O)NCCNc1nc(-c2ccccc2)nc2[nH]c(C(=O)N3CCC(C(C)C)CC3)cc12. The van der Waals surface area contributed by atoms with E-state index in [1.54, 1.807) is 0 Å². The van der Waals surface area contributed by atoms with Crippen LogP contribution >= 0.6 is 0 Å². The average molecular weight is 449 g/mol. The second-order valence-electron chi connectivity index (χ2n) is 8.99. The molecule has 174 valence electrons. The summed E-state index contributed by atoms with van der Waals surface area (Å²) < 4.78 is 0. The van der Waals surface area contributed by atoms with E-state index in [1.807, 2.05) is 41.3 Å². The maximum Gasteiger partial charge on any atom is 0.270 e. The Kier molecular flexibility index (Phi) is 6.91. The molecule has 2 amide bonds. The Hall–Kier alpha value is -3.42. The Morgan fingerprint density at radius 2 is 1.85 bits per heavy atom. The number of amides is 2. The molecular formula is C25H32N6O2. The number of nitrogens with one attached hydrogen (secondary N) is 3. The van der Waals surface area contributed by atoms with Gasteiger partial charge in [-0.15, -0.1) is 0 Å². The minimum Gasteiger partial charge on any atom is -0.368 e. The molecule has 0 unspecified atom stereocenters. The second-order valence-corrected chi connectivity index (χ2v) is 8.99. The highest BCUT2D eigenvalue weighted by atomic mass is 16.2. The van der Waals surface area contributed by atoms with Crippen LogP contribution in [-0.4, -0.2) is 57.8 Å². The van der Waals surface area contributed by atoms with E-state index in [4.69, 9.17) is 9.97 Å². The highest BCUT2D eigenvalue weighted by Gasteiger charge is 2.26. The summed E-state index contributed by atoms with van der Waals surface area (Å²) in [4.78, 5) is 39.0. The Morgan fingerprint density at radius 1 is 1.12 bits per heavy atom. The first-order valence-corrected chi connectivity index (χ1v) is 11.7. The van der Waals surface area contributed by atoms with Crippen LogP contribution in [0.5, 0.6) is 0 Å². The van der Waals surface area contributed by atoms with Crippen molar-refractivity contribution in [3.63, 3.8) is 0 Å². The minimum atomic E-state index is -0.0784. The normalized spacial score (nSPS) is 14.6. The van der Waals surface area contributed by atoms with Gasteiger partial charge in [0, 0.05) is 38.7 Å². The predicted molar refractivity (Wildman–Crippen MR) is 130 cm³/mol. The van der Waals surface area contributed by atoms with Gasteiger partial charge in [0.15, 0.2) is 5.82 Å². The van der Waals surface area contributed by atoms with Crippen molar-refractivity contribution in [1.29, 1.82) is 0 Å². The van der Waals surface area contributed by atoms with Gasteiger partial charge >= 0.3 is 0 Å². The third kappa shape index (κ3) is 5.32. The first kappa shape index (κ1) is 22.8. The van der Waals surface area contributed by atoms with E-state index in [2.05, 4.69) is 29.5 Å². The molecule has 1 aliphatic heterocycles. The van der Waals surface area contributed by atoms with Crippen LogP contribution in [0.3, 0.4) is 0 Å². The molecule has 8 nitrogen and oxygen atoms in total. The Morgan fingerprint density at radius 3 is 2.52 bits per heavy atom. The number of likely N-dealkylation sites (tertiary alicyclic amines) is 1. The largest absolute Gasteiger partial charge is 0.368 e. The predicted octanol–water partition coefficient (Wildman–Crippen LogP) is 3.68. The van der Waals surface area contributed by atoms with Crippen LogP contribution in [0.1, 0.15) is 44.1 Å². The smallest absolute Gasteiger partial charge is 0.270 e. The molecule has 2 aromatic heterocycles. The zero-order valence-corrected chi connectivity index (χ0v) is 19.5. The maximum atomic E-state index is 13.2. The van der Waals surface area contributed by atoms with Gasteiger partial charge in [-0.05, 0) is 30.7 Å². The van der Waals surface area contributed by atoms with E-state index < -0.39 is 0 Å². The molecule has 3 N–H and O–H groups in total. The quantitative estimate of drug-likeness (QED) is 0.479. The zero-order valence-electron chi connectivity index (χ0n) is 19.5. The molecule has 3 heterocycles. The lowest BCUT2D eigenvalue weighted by Gasteiger charge is -2.33. The number of piperidine rings is 1. The van der Waals surface area contributed by atoms with Gasteiger partial charge in [0.05, 0.1) is 5.39 Å². The molecule has 1 fully saturated rings. The van der Waals surface area contributed by atoms with Gasteiger partial charge in [0.1, 0.15) is 17.2 Å². The Labute approximate surface area is 194 Å². The molecule has 3 aromatic rings. The summed E-state index contributed by atoms with van der Waals surface area (Å²) in [5.41, 5.74) is 2.03. The highest BCUT2D eigenvalue weighted by Crippen LogP contribution is 2.28. The summed E-state index contributed by atoms with van der Waals surface area (Å²) in [5.74, 6) is 2.45. The lowest BCUT2D eigenvalue weighted by atomic mass is 9.86. The van der Waals surface area contributed by atoms with Crippen molar-refractivity contribution in [2.45, 2.75) is 33.6 Å². The molecule has 33 heavy (non-hydrogen) atoms. The van der Waals surface area contributed by atoms with Crippen LogP contribution < -0.4 is 10.6 Å². The van der Waals surface area contributed by atoms with Crippen LogP contribution in [-0.2, 0) is 4.79 Å². The average Bonchev–Trinajstić information content (AvgIpc) is 3.26.